The number of aromatic hydroxyl groups is 1. The Kier molecular flexibility index (Phi) is 6.29. The first-order valence-electron chi connectivity index (χ1n) is 8.40. The fourth-order valence-corrected chi connectivity index (χ4v) is 2.31. The van der Waals surface area contributed by atoms with Gasteiger partial charge in [0.05, 0.1) is 16.7 Å². The molecule has 4 heteroatoms. The number of hydrogen-bond acceptors (Lipinski definition) is 2. The van der Waals surface area contributed by atoms with Crippen LogP contribution in [0.25, 0.3) is 22.2 Å². The molecule has 4 nitrogen and oxygen atoms in total. The second-order valence-electron chi connectivity index (χ2n) is 5.44. The van der Waals surface area contributed by atoms with Crippen molar-refractivity contribution >= 4 is 16.7 Å². The molecule has 25 heavy (non-hydrogen) atoms. The van der Waals surface area contributed by atoms with Crippen LogP contribution < -0.4 is 5.73 Å². The molecule has 0 atom stereocenters. The van der Waals surface area contributed by atoms with Crippen molar-refractivity contribution < 1.29 is 5.11 Å². The number of benzene rings is 3. The van der Waals surface area contributed by atoms with E-state index in [2.05, 4.69) is 52.7 Å². The van der Waals surface area contributed by atoms with E-state index in [9.17, 15) is 0 Å². The van der Waals surface area contributed by atoms with Gasteiger partial charge >= 0.3 is 0 Å². The number of anilines is 1. The van der Waals surface area contributed by atoms with Gasteiger partial charge in [-0.2, -0.15) is 0 Å². The van der Waals surface area contributed by atoms with Crippen LogP contribution >= 0.6 is 0 Å². The van der Waals surface area contributed by atoms with Crippen LogP contribution in [0, 0.1) is 6.92 Å². The summed E-state index contributed by atoms with van der Waals surface area (Å²) in [5.74, 6) is 0.153. The molecular formula is C21H25N3O. The maximum absolute atomic E-state index is 8.92. The summed E-state index contributed by atoms with van der Waals surface area (Å²) in [6, 6.07) is 21.9. The number of aromatic amines is 2. The van der Waals surface area contributed by atoms with Gasteiger partial charge in [0.1, 0.15) is 5.75 Å². The van der Waals surface area contributed by atoms with Crippen LogP contribution in [0.2, 0.25) is 0 Å². The summed E-state index contributed by atoms with van der Waals surface area (Å²) in [7, 11) is 0. The monoisotopic (exact) mass is 335 g/mol. The Hall–Kier alpha value is -3.14. The summed E-state index contributed by atoms with van der Waals surface area (Å²) < 4.78 is 0. The number of phenols is 1. The van der Waals surface area contributed by atoms with Crippen LogP contribution in [0.15, 0.2) is 66.7 Å². The zero-order valence-electron chi connectivity index (χ0n) is 14.9. The average molecular weight is 335 g/mol. The van der Waals surface area contributed by atoms with Crippen LogP contribution in [0.4, 0.5) is 5.69 Å². The predicted octanol–water partition coefficient (Wildman–Crippen LogP) is 5.47. The van der Waals surface area contributed by atoms with E-state index in [0.29, 0.717) is 5.69 Å². The second kappa shape index (κ2) is 8.64. The van der Waals surface area contributed by atoms with Gasteiger partial charge in [0, 0.05) is 0 Å². The molecule has 1 aromatic heterocycles. The summed E-state index contributed by atoms with van der Waals surface area (Å²) >= 11 is 0. The Balaban J connectivity index is 0.000000179. The maximum atomic E-state index is 8.92. The van der Waals surface area contributed by atoms with Crippen molar-refractivity contribution in [3.63, 3.8) is 0 Å². The van der Waals surface area contributed by atoms with E-state index in [-0.39, 0.29) is 5.75 Å². The minimum absolute atomic E-state index is 0.153. The van der Waals surface area contributed by atoms with Crippen LogP contribution in [0.3, 0.4) is 0 Å². The fraction of sp³-hybridized carbons (Fsp3) is 0.143. The fourth-order valence-electron chi connectivity index (χ4n) is 2.31. The van der Waals surface area contributed by atoms with Crippen LogP contribution in [0.1, 0.15) is 19.4 Å². The second-order valence-corrected chi connectivity index (χ2v) is 5.44. The van der Waals surface area contributed by atoms with Crippen molar-refractivity contribution in [3.8, 4) is 16.9 Å². The molecular weight excluding hydrogens is 310 g/mol. The van der Waals surface area contributed by atoms with E-state index >= 15 is 0 Å². The van der Waals surface area contributed by atoms with Crippen molar-refractivity contribution in [1.29, 1.82) is 0 Å². The number of rotatable bonds is 1. The predicted molar refractivity (Wildman–Crippen MR) is 107 cm³/mol. The molecule has 0 aliphatic heterocycles. The standard InChI is InChI=1S/C12H10N2.C7H9NO.C2H6/c1-2-4-9(5-3-1)10-6-7-11-12(8-10)14-13-11;1-5-2-3-7(9)6(8)4-5;1-2/h1-8,13-14H;2-4,9H,8H2,1H3;1-2H3. The Morgan fingerprint density at radius 3 is 1.96 bits per heavy atom. The summed E-state index contributed by atoms with van der Waals surface area (Å²) in [4.78, 5) is 0. The molecule has 0 bridgehead atoms. The van der Waals surface area contributed by atoms with E-state index in [1.54, 1.807) is 12.1 Å². The highest BCUT2D eigenvalue weighted by atomic mass is 16.3. The highest BCUT2D eigenvalue weighted by Gasteiger charge is 2.00. The maximum Gasteiger partial charge on any atom is 0.138 e. The third-order valence-electron chi connectivity index (χ3n) is 3.64. The van der Waals surface area contributed by atoms with Gasteiger partial charge in [-0.25, -0.2) is 0 Å². The molecule has 1 heterocycles. The number of nitrogens with one attached hydrogen (secondary N) is 2. The average Bonchev–Trinajstić information content (AvgIpc) is 2.63. The first-order valence-corrected chi connectivity index (χ1v) is 8.40. The zero-order valence-corrected chi connectivity index (χ0v) is 14.9. The van der Waals surface area contributed by atoms with Gasteiger partial charge in [0.25, 0.3) is 0 Å². The summed E-state index contributed by atoms with van der Waals surface area (Å²) in [6.07, 6.45) is 0. The number of H-pyrrole nitrogens is 2. The van der Waals surface area contributed by atoms with Gasteiger partial charge in [0.2, 0.25) is 0 Å². The van der Waals surface area contributed by atoms with Crippen LogP contribution in [-0.2, 0) is 0 Å². The van der Waals surface area contributed by atoms with E-state index in [1.165, 1.54) is 22.2 Å². The number of phenolic OH excluding ortho intramolecular Hbond substituents is 1. The Morgan fingerprint density at radius 1 is 0.760 bits per heavy atom. The largest absolute Gasteiger partial charge is 0.506 e. The summed E-state index contributed by atoms with van der Waals surface area (Å²) in [5, 5.41) is 15.0. The molecule has 4 aromatic rings. The summed E-state index contributed by atoms with van der Waals surface area (Å²) in [5.41, 5.74) is 11.7. The molecule has 0 amide bonds. The molecule has 3 aromatic carbocycles. The van der Waals surface area contributed by atoms with Crippen molar-refractivity contribution in [2.24, 2.45) is 0 Å². The van der Waals surface area contributed by atoms with Gasteiger partial charge in [0.15, 0.2) is 0 Å². The van der Waals surface area contributed by atoms with Crippen molar-refractivity contribution in [1.82, 2.24) is 10.2 Å². The molecule has 0 saturated carbocycles. The van der Waals surface area contributed by atoms with Crippen molar-refractivity contribution in [2.45, 2.75) is 20.8 Å². The number of nitrogens with two attached hydrogens (primary N) is 1. The highest BCUT2D eigenvalue weighted by Crippen LogP contribution is 2.22. The van der Waals surface area contributed by atoms with E-state index in [1.807, 2.05) is 32.9 Å². The quantitative estimate of drug-likeness (QED) is 0.275. The van der Waals surface area contributed by atoms with Gasteiger partial charge in [-0.15, -0.1) is 0 Å². The number of fused-ring (bicyclic) bond motifs is 1. The highest BCUT2D eigenvalue weighted by molar-refractivity contribution is 5.82. The van der Waals surface area contributed by atoms with Gasteiger partial charge in [-0.1, -0.05) is 56.3 Å². The molecule has 0 aliphatic rings. The minimum Gasteiger partial charge on any atom is -0.506 e. The molecule has 0 spiro atoms. The number of hydrogen-bond donors (Lipinski definition) is 4. The van der Waals surface area contributed by atoms with E-state index in [4.69, 9.17) is 10.8 Å². The molecule has 0 aliphatic carbocycles. The van der Waals surface area contributed by atoms with Gasteiger partial charge in [-0.05, 0) is 47.9 Å². The molecule has 0 fully saturated rings. The third-order valence-corrected chi connectivity index (χ3v) is 3.64. The molecule has 0 radical (unpaired) electrons. The summed E-state index contributed by atoms with van der Waals surface area (Å²) in [6.45, 7) is 5.93. The smallest absolute Gasteiger partial charge is 0.138 e. The Bertz CT molecular complexity index is 907. The first-order chi connectivity index (χ1) is 12.1. The van der Waals surface area contributed by atoms with E-state index < -0.39 is 0 Å². The number of aromatic nitrogens is 2. The van der Waals surface area contributed by atoms with Gasteiger partial charge < -0.3 is 10.8 Å². The van der Waals surface area contributed by atoms with Crippen LogP contribution in [-0.4, -0.2) is 15.3 Å². The molecule has 130 valence electrons. The lowest BCUT2D eigenvalue weighted by molar-refractivity contribution is 0.478. The van der Waals surface area contributed by atoms with Gasteiger partial charge in [-0.3, -0.25) is 10.2 Å². The minimum atomic E-state index is 0.153. The zero-order chi connectivity index (χ0) is 18.2. The van der Waals surface area contributed by atoms with Crippen molar-refractivity contribution in [2.75, 3.05) is 5.73 Å². The normalized spacial score (nSPS) is 9.72. The molecule has 4 rings (SSSR count). The lowest BCUT2D eigenvalue weighted by Crippen LogP contribution is -1.90. The van der Waals surface area contributed by atoms with Crippen LogP contribution in [0.5, 0.6) is 5.75 Å². The van der Waals surface area contributed by atoms with Crippen molar-refractivity contribution in [3.05, 3.63) is 72.3 Å². The third kappa shape index (κ3) is 4.67. The molecule has 5 N–H and O–H groups in total. The SMILES string of the molecule is CC.Cc1ccc(O)c(N)c1.c1ccc(-c2ccc3[nH][nH]c3c2)cc1. The first kappa shape index (κ1) is 18.2. The topological polar surface area (TPSA) is 77.8 Å². The number of aryl methyl sites for hydroxylation is 1. The lowest BCUT2D eigenvalue weighted by atomic mass is 10.1. The lowest BCUT2D eigenvalue weighted by Gasteiger charge is -2.06. The molecule has 0 saturated heterocycles. The van der Waals surface area contributed by atoms with E-state index in [0.717, 1.165) is 5.56 Å². The molecule has 0 unspecified atom stereocenters. The Labute approximate surface area is 148 Å². The Morgan fingerprint density at radius 2 is 1.44 bits per heavy atom. The number of nitrogen functional groups attached to an aromatic ring is 1.